The van der Waals surface area contributed by atoms with E-state index in [1.165, 1.54) is 161 Å². The average Bonchev–Trinajstić information content (AvgIpc) is 3.42. The van der Waals surface area contributed by atoms with E-state index >= 15 is 0 Å². The van der Waals surface area contributed by atoms with Crippen LogP contribution in [-0.4, -0.2) is 38.4 Å². The van der Waals surface area contributed by atoms with Crippen LogP contribution in [0.1, 0.15) is 254 Å². The molecule has 0 N–H and O–H groups in total. The van der Waals surface area contributed by atoms with Gasteiger partial charge in [-0.2, -0.15) is 0 Å². The number of ether oxygens (including phenoxy) is 6. The van der Waals surface area contributed by atoms with Crippen molar-refractivity contribution in [3.63, 3.8) is 0 Å². The molecule has 8 nitrogen and oxygen atoms in total. The van der Waals surface area contributed by atoms with E-state index in [4.69, 9.17) is 28.4 Å². The number of unbranched alkanes of at least 4 members (excludes halogenated alkanes) is 28. The van der Waals surface area contributed by atoms with E-state index in [2.05, 4.69) is 27.7 Å². The van der Waals surface area contributed by atoms with Gasteiger partial charge in [0.2, 0.25) is 5.75 Å². The van der Waals surface area contributed by atoms with Crippen LogP contribution in [0.4, 0.5) is 0 Å². The molecule has 0 aliphatic carbocycles. The summed E-state index contributed by atoms with van der Waals surface area (Å²) in [4.78, 5) is 27.0. The third kappa shape index (κ3) is 26.5. The van der Waals surface area contributed by atoms with Gasteiger partial charge >= 0.3 is 11.9 Å². The summed E-state index contributed by atoms with van der Waals surface area (Å²) >= 11 is 0. The lowest BCUT2D eigenvalue weighted by Gasteiger charge is -2.19. The molecule has 0 saturated carbocycles. The zero-order valence-electron chi connectivity index (χ0n) is 46.8. The van der Waals surface area contributed by atoms with Crippen LogP contribution in [0.5, 0.6) is 34.5 Å². The lowest BCUT2D eigenvalue weighted by molar-refractivity contribution is 0.0724. The Kier molecular flexibility index (Phi) is 33.6. The highest BCUT2D eigenvalue weighted by Gasteiger charge is 2.21. The lowest BCUT2D eigenvalue weighted by atomic mass is 10.1. The van der Waals surface area contributed by atoms with Crippen LogP contribution in [0, 0.1) is 0 Å². The lowest BCUT2D eigenvalue weighted by Crippen LogP contribution is -2.12. The van der Waals surface area contributed by atoms with E-state index in [-0.39, 0.29) is 0 Å². The first-order chi connectivity index (χ1) is 36.4. The molecule has 8 heteroatoms. The van der Waals surface area contributed by atoms with Gasteiger partial charge in [0.25, 0.3) is 0 Å². The SMILES string of the molecule is CCCCCCCCCCOc1ccc(C(=O)Oc2ccc(-c3ccc(OC(=O)c4cc(OCCCCCCCCCC)c(OCCCCCCCCCC)c(OCCCCCCCCCC)c4)cc3)cc2)cc1. The Hall–Kier alpha value is -4.98. The third-order valence-electron chi connectivity index (χ3n) is 13.8. The first-order valence-corrected chi connectivity index (χ1v) is 29.9. The maximum Gasteiger partial charge on any atom is 0.343 e. The zero-order valence-corrected chi connectivity index (χ0v) is 46.8. The summed E-state index contributed by atoms with van der Waals surface area (Å²) in [6.45, 7) is 11.3. The fraction of sp³-hybridized carbons (Fsp3) is 0.606. The van der Waals surface area contributed by atoms with Crippen molar-refractivity contribution in [1.82, 2.24) is 0 Å². The van der Waals surface area contributed by atoms with Crippen molar-refractivity contribution in [2.45, 2.75) is 233 Å². The van der Waals surface area contributed by atoms with Gasteiger partial charge in [-0.05, 0) is 97.5 Å². The third-order valence-corrected chi connectivity index (χ3v) is 13.8. The van der Waals surface area contributed by atoms with Crippen LogP contribution in [0.2, 0.25) is 0 Å². The Morgan fingerprint density at radius 3 is 0.932 bits per heavy atom. The number of hydrogen-bond acceptors (Lipinski definition) is 8. The molecule has 0 atom stereocenters. The minimum atomic E-state index is -0.492. The minimum Gasteiger partial charge on any atom is -0.494 e. The molecule has 0 spiro atoms. The molecule has 0 aliphatic rings. The van der Waals surface area contributed by atoms with Crippen molar-refractivity contribution < 1.29 is 38.0 Å². The second-order valence-electron chi connectivity index (χ2n) is 20.4. The van der Waals surface area contributed by atoms with Gasteiger partial charge < -0.3 is 28.4 Å². The standard InChI is InChI=1S/C66H98O8/c1-5-9-13-17-21-25-29-33-49-69-59-43-41-57(42-44-59)65(67)73-60-45-37-55(38-46-60)56-39-47-61(48-40-56)74-66(68)58-53-62(70-50-34-30-26-22-18-14-10-6-2)64(72-52-36-32-28-24-20-16-12-8-4)63(54-58)71-51-35-31-27-23-19-15-11-7-3/h37-48,53-54H,5-36,49-52H2,1-4H3. The molecule has 4 aromatic carbocycles. The smallest absolute Gasteiger partial charge is 0.343 e. The van der Waals surface area contributed by atoms with Crippen molar-refractivity contribution in [3.8, 4) is 45.6 Å². The molecule has 0 radical (unpaired) electrons. The second kappa shape index (κ2) is 40.3. The Morgan fingerprint density at radius 1 is 0.297 bits per heavy atom. The van der Waals surface area contributed by atoms with E-state index in [1.807, 2.05) is 36.4 Å². The Balaban J connectivity index is 1.37. The van der Waals surface area contributed by atoms with Gasteiger partial charge in [0.05, 0.1) is 37.6 Å². The van der Waals surface area contributed by atoms with Crippen LogP contribution >= 0.6 is 0 Å². The summed E-state index contributed by atoms with van der Waals surface area (Å²) in [5, 5.41) is 0. The number of carbonyl (C=O) groups is 2. The van der Waals surface area contributed by atoms with Crippen LogP contribution in [0.15, 0.2) is 84.9 Å². The molecule has 0 aliphatic heterocycles. The van der Waals surface area contributed by atoms with E-state index in [0.29, 0.717) is 66.3 Å². The quantitative estimate of drug-likeness (QED) is 0.0246. The van der Waals surface area contributed by atoms with Gasteiger partial charge in [0, 0.05) is 0 Å². The van der Waals surface area contributed by atoms with Gasteiger partial charge in [-0.15, -0.1) is 0 Å². The molecule has 0 unspecified atom stereocenters. The molecule has 0 fully saturated rings. The van der Waals surface area contributed by atoms with Crippen LogP contribution in [-0.2, 0) is 0 Å². The van der Waals surface area contributed by atoms with Gasteiger partial charge in [0.1, 0.15) is 17.2 Å². The normalized spacial score (nSPS) is 11.1. The zero-order chi connectivity index (χ0) is 52.5. The summed E-state index contributed by atoms with van der Waals surface area (Å²) in [6, 6.07) is 25.5. The minimum absolute atomic E-state index is 0.355. The van der Waals surface area contributed by atoms with Crippen molar-refractivity contribution >= 4 is 11.9 Å². The molecule has 0 aromatic heterocycles. The highest BCUT2D eigenvalue weighted by atomic mass is 16.5. The molecule has 4 aromatic rings. The predicted molar refractivity (Wildman–Crippen MR) is 307 cm³/mol. The fourth-order valence-electron chi connectivity index (χ4n) is 9.17. The molecule has 0 saturated heterocycles. The monoisotopic (exact) mass is 1020 g/mol. The highest BCUT2D eigenvalue weighted by Crippen LogP contribution is 2.40. The highest BCUT2D eigenvalue weighted by molar-refractivity contribution is 5.93. The van der Waals surface area contributed by atoms with Crippen LogP contribution in [0.25, 0.3) is 11.1 Å². The predicted octanol–water partition coefficient (Wildman–Crippen LogP) is 19.9. The number of esters is 2. The fourth-order valence-corrected chi connectivity index (χ4v) is 9.17. The first-order valence-electron chi connectivity index (χ1n) is 29.9. The van der Waals surface area contributed by atoms with Crippen LogP contribution in [0.3, 0.4) is 0 Å². The maximum absolute atomic E-state index is 14.0. The largest absolute Gasteiger partial charge is 0.494 e. The van der Waals surface area contributed by atoms with Crippen molar-refractivity contribution in [3.05, 3.63) is 96.1 Å². The summed E-state index contributed by atoms with van der Waals surface area (Å²) < 4.78 is 37.2. The van der Waals surface area contributed by atoms with E-state index in [0.717, 1.165) is 61.8 Å². The Bertz CT molecular complexity index is 1980. The molecular formula is C66H98O8. The van der Waals surface area contributed by atoms with E-state index in [9.17, 15) is 9.59 Å². The number of carbonyl (C=O) groups excluding carboxylic acids is 2. The van der Waals surface area contributed by atoms with E-state index < -0.39 is 11.9 Å². The van der Waals surface area contributed by atoms with Crippen molar-refractivity contribution in [2.24, 2.45) is 0 Å². The Morgan fingerprint density at radius 2 is 0.581 bits per heavy atom. The topological polar surface area (TPSA) is 89.5 Å². The summed E-state index contributed by atoms with van der Waals surface area (Å²) in [5.74, 6) is 2.35. The van der Waals surface area contributed by atoms with Crippen molar-refractivity contribution in [2.75, 3.05) is 26.4 Å². The molecule has 0 heterocycles. The molecule has 0 bridgehead atoms. The van der Waals surface area contributed by atoms with Gasteiger partial charge in [-0.25, -0.2) is 9.59 Å². The molecule has 0 amide bonds. The molecule has 4 rings (SSSR count). The van der Waals surface area contributed by atoms with Gasteiger partial charge in [-0.1, -0.05) is 232 Å². The first kappa shape index (κ1) is 61.6. The average molecular weight is 1020 g/mol. The Labute approximate surface area is 449 Å². The summed E-state index contributed by atoms with van der Waals surface area (Å²) in [6.07, 6.45) is 39.0. The number of benzene rings is 4. The molecule has 410 valence electrons. The van der Waals surface area contributed by atoms with E-state index in [1.54, 1.807) is 48.5 Å². The van der Waals surface area contributed by atoms with Gasteiger partial charge in [-0.3, -0.25) is 0 Å². The maximum atomic E-state index is 14.0. The van der Waals surface area contributed by atoms with Crippen molar-refractivity contribution in [1.29, 1.82) is 0 Å². The second-order valence-corrected chi connectivity index (χ2v) is 20.4. The van der Waals surface area contributed by atoms with Gasteiger partial charge in [0.15, 0.2) is 11.5 Å². The number of hydrogen-bond donors (Lipinski definition) is 0. The van der Waals surface area contributed by atoms with Crippen LogP contribution < -0.4 is 28.4 Å². The number of rotatable bonds is 45. The summed E-state index contributed by atoms with van der Waals surface area (Å²) in [5.41, 5.74) is 2.67. The summed E-state index contributed by atoms with van der Waals surface area (Å²) in [7, 11) is 0. The molecular weight excluding hydrogens is 921 g/mol. The molecule has 74 heavy (non-hydrogen) atoms.